The number of nitriles is 1. The smallest absolute Gasteiger partial charge is 0.417 e. The summed E-state index contributed by atoms with van der Waals surface area (Å²) in [6, 6.07) is 16.5. The molecule has 2 aromatic carbocycles. The number of rotatable bonds is 8. The number of hydrogen-bond acceptors (Lipinski definition) is 6. The van der Waals surface area contributed by atoms with Crippen molar-refractivity contribution in [1.82, 2.24) is 9.88 Å². The number of carbonyl (C=O) groups excluding carboxylic acids is 1. The van der Waals surface area contributed by atoms with Gasteiger partial charge >= 0.3 is 6.18 Å². The second-order valence-corrected chi connectivity index (χ2v) is 9.25. The number of hydrogen-bond donors (Lipinski definition) is 0. The van der Waals surface area contributed by atoms with Crippen molar-refractivity contribution < 1.29 is 27.4 Å². The standard InChI is InChI=1S/C30H31F3N4O3/c1-4-20-19-36(29(38)22-12-11-21(39-5-2)17-24(22)30(31,32)33)15-16-37(20)27-14-13-25(35-26(27)18-34)23-9-7-8-10-28(23)40-6-3/h7-14,17,20H,4-6,15-16,19H2,1-3H3/t20-/m1/s1. The van der Waals surface area contributed by atoms with E-state index in [4.69, 9.17) is 9.47 Å². The highest BCUT2D eigenvalue weighted by atomic mass is 19.4. The monoisotopic (exact) mass is 552 g/mol. The quantitative estimate of drug-likeness (QED) is 0.332. The van der Waals surface area contributed by atoms with Gasteiger partial charge in [-0.3, -0.25) is 4.79 Å². The molecule has 0 bridgehead atoms. The van der Waals surface area contributed by atoms with Crippen molar-refractivity contribution in [3.63, 3.8) is 0 Å². The number of nitrogens with zero attached hydrogens (tertiary/aromatic N) is 4. The van der Waals surface area contributed by atoms with Crippen LogP contribution >= 0.6 is 0 Å². The first-order valence-electron chi connectivity index (χ1n) is 13.2. The molecule has 2 heterocycles. The molecular weight excluding hydrogens is 521 g/mol. The van der Waals surface area contributed by atoms with Gasteiger partial charge in [-0.25, -0.2) is 4.98 Å². The highest BCUT2D eigenvalue weighted by Gasteiger charge is 2.38. The van der Waals surface area contributed by atoms with Crippen molar-refractivity contribution in [3.8, 4) is 28.8 Å². The Bertz CT molecular complexity index is 1400. The maximum atomic E-state index is 13.8. The largest absolute Gasteiger partial charge is 0.494 e. The lowest BCUT2D eigenvalue weighted by molar-refractivity contribution is -0.138. The van der Waals surface area contributed by atoms with Crippen molar-refractivity contribution >= 4 is 11.6 Å². The van der Waals surface area contributed by atoms with Crippen LogP contribution in [0, 0.1) is 11.3 Å². The van der Waals surface area contributed by atoms with Crippen LogP contribution in [0.25, 0.3) is 11.3 Å². The lowest BCUT2D eigenvalue weighted by Gasteiger charge is -2.43. The minimum atomic E-state index is -4.71. The van der Waals surface area contributed by atoms with Gasteiger partial charge in [0.05, 0.1) is 35.7 Å². The third kappa shape index (κ3) is 5.98. The Morgan fingerprint density at radius 3 is 2.48 bits per heavy atom. The Kier molecular flexibility index (Phi) is 8.83. The fourth-order valence-corrected chi connectivity index (χ4v) is 4.95. The highest BCUT2D eigenvalue weighted by molar-refractivity contribution is 5.96. The summed E-state index contributed by atoms with van der Waals surface area (Å²) in [6.45, 7) is 6.95. The fraction of sp³-hybridized carbons (Fsp3) is 0.367. The summed E-state index contributed by atoms with van der Waals surface area (Å²) >= 11 is 0. The Balaban J connectivity index is 1.60. The van der Waals surface area contributed by atoms with E-state index in [2.05, 4.69) is 11.1 Å². The van der Waals surface area contributed by atoms with Crippen LogP contribution < -0.4 is 14.4 Å². The molecule has 1 fully saturated rings. The van der Waals surface area contributed by atoms with Crippen LogP contribution in [0.3, 0.4) is 0 Å². The first kappa shape index (κ1) is 28.7. The van der Waals surface area contributed by atoms with Crippen molar-refractivity contribution in [3.05, 3.63) is 71.4 Å². The maximum absolute atomic E-state index is 13.8. The average molecular weight is 553 g/mol. The molecule has 40 heavy (non-hydrogen) atoms. The van der Waals surface area contributed by atoms with Crippen LogP contribution in [-0.4, -0.2) is 54.7 Å². The summed E-state index contributed by atoms with van der Waals surface area (Å²) in [5.41, 5.74) is 0.796. The highest BCUT2D eigenvalue weighted by Crippen LogP contribution is 2.36. The van der Waals surface area contributed by atoms with Gasteiger partial charge in [-0.15, -0.1) is 0 Å². The predicted octanol–water partition coefficient (Wildman–Crippen LogP) is 6.18. The zero-order valence-corrected chi connectivity index (χ0v) is 22.7. The first-order valence-corrected chi connectivity index (χ1v) is 13.2. The first-order chi connectivity index (χ1) is 19.2. The van der Waals surface area contributed by atoms with Crippen LogP contribution in [0.2, 0.25) is 0 Å². The molecule has 1 atom stereocenters. The zero-order valence-electron chi connectivity index (χ0n) is 22.7. The number of benzene rings is 2. The number of carbonyl (C=O) groups is 1. The van der Waals surface area contributed by atoms with E-state index in [-0.39, 0.29) is 37.2 Å². The van der Waals surface area contributed by atoms with Gasteiger partial charge in [0.25, 0.3) is 5.91 Å². The van der Waals surface area contributed by atoms with Gasteiger partial charge in [0.2, 0.25) is 0 Å². The Hall–Kier alpha value is -4.26. The SMILES string of the molecule is CCOc1ccc(C(=O)N2CCN(c3ccc(-c4ccccc4OCC)nc3C#N)[C@H](CC)C2)c(C(F)(F)F)c1. The Labute approximate surface area is 231 Å². The van der Waals surface area contributed by atoms with Crippen LogP contribution in [0.5, 0.6) is 11.5 Å². The van der Waals surface area contributed by atoms with E-state index in [1.807, 2.05) is 55.1 Å². The van der Waals surface area contributed by atoms with Crippen molar-refractivity contribution in [1.29, 1.82) is 5.26 Å². The maximum Gasteiger partial charge on any atom is 0.417 e. The molecule has 4 rings (SSSR count). The molecule has 0 N–H and O–H groups in total. The molecule has 3 aromatic rings. The van der Waals surface area contributed by atoms with E-state index in [1.54, 1.807) is 6.92 Å². The topological polar surface area (TPSA) is 78.7 Å². The average Bonchev–Trinajstić information content (AvgIpc) is 2.96. The molecule has 1 aliphatic heterocycles. The van der Waals surface area contributed by atoms with Crippen LogP contribution in [0.1, 0.15) is 48.8 Å². The normalized spacial score (nSPS) is 15.5. The molecule has 1 aromatic heterocycles. The number of amides is 1. The number of aromatic nitrogens is 1. The Morgan fingerprint density at radius 1 is 1.05 bits per heavy atom. The third-order valence-electron chi connectivity index (χ3n) is 6.83. The summed E-state index contributed by atoms with van der Waals surface area (Å²) in [5.74, 6) is 0.0432. The zero-order chi connectivity index (χ0) is 28.9. The molecule has 1 amide bonds. The summed E-state index contributed by atoms with van der Waals surface area (Å²) in [6.07, 6.45) is -4.10. The molecule has 0 spiro atoms. The number of halogens is 3. The minimum Gasteiger partial charge on any atom is -0.494 e. The summed E-state index contributed by atoms with van der Waals surface area (Å²) in [4.78, 5) is 21.4. The lowest BCUT2D eigenvalue weighted by Crippen LogP contribution is -2.55. The minimum absolute atomic E-state index is 0.0616. The van der Waals surface area contributed by atoms with E-state index in [1.165, 1.54) is 17.0 Å². The van der Waals surface area contributed by atoms with Crippen molar-refractivity contribution in [2.24, 2.45) is 0 Å². The summed E-state index contributed by atoms with van der Waals surface area (Å²) in [7, 11) is 0. The number of pyridine rings is 1. The second-order valence-electron chi connectivity index (χ2n) is 9.25. The molecule has 1 aliphatic rings. The van der Waals surface area contributed by atoms with E-state index < -0.39 is 23.2 Å². The van der Waals surface area contributed by atoms with Gasteiger partial charge in [-0.05, 0) is 62.7 Å². The van der Waals surface area contributed by atoms with Crippen molar-refractivity contribution in [2.45, 2.75) is 39.4 Å². The van der Waals surface area contributed by atoms with Crippen molar-refractivity contribution in [2.75, 3.05) is 37.7 Å². The molecule has 1 saturated heterocycles. The van der Waals surface area contributed by atoms with Crippen LogP contribution in [0.4, 0.5) is 18.9 Å². The number of ether oxygens (including phenoxy) is 2. The van der Waals surface area contributed by atoms with Gasteiger partial charge < -0.3 is 19.3 Å². The number of anilines is 1. The third-order valence-corrected chi connectivity index (χ3v) is 6.83. The number of alkyl halides is 3. The molecule has 0 saturated carbocycles. The van der Waals surface area contributed by atoms with Gasteiger partial charge in [-0.2, -0.15) is 18.4 Å². The van der Waals surface area contributed by atoms with Gasteiger partial charge in [0, 0.05) is 31.2 Å². The molecule has 10 heteroatoms. The van der Waals surface area contributed by atoms with Gasteiger partial charge in [0.1, 0.15) is 17.6 Å². The van der Waals surface area contributed by atoms with E-state index in [0.717, 1.165) is 11.6 Å². The molecular formula is C30H31F3N4O3. The molecule has 0 aliphatic carbocycles. The summed E-state index contributed by atoms with van der Waals surface area (Å²) < 4.78 is 52.5. The molecule has 0 unspecified atom stereocenters. The lowest BCUT2D eigenvalue weighted by atomic mass is 10.0. The Morgan fingerprint density at radius 2 is 1.80 bits per heavy atom. The van der Waals surface area contributed by atoms with E-state index in [0.29, 0.717) is 36.7 Å². The van der Waals surface area contributed by atoms with Crippen LogP contribution in [-0.2, 0) is 6.18 Å². The van der Waals surface area contributed by atoms with Crippen LogP contribution in [0.15, 0.2) is 54.6 Å². The second kappa shape index (κ2) is 12.3. The molecule has 0 radical (unpaired) electrons. The summed E-state index contributed by atoms with van der Waals surface area (Å²) in [5, 5.41) is 9.96. The van der Waals surface area contributed by atoms with E-state index in [9.17, 15) is 23.2 Å². The van der Waals surface area contributed by atoms with E-state index >= 15 is 0 Å². The number of para-hydroxylation sites is 1. The predicted molar refractivity (Wildman–Crippen MR) is 145 cm³/mol. The molecule has 7 nitrogen and oxygen atoms in total. The van der Waals surface area contributed by atoms with Gasteiger partial charge in [0.15, 0.2) is 5.69 Å². The fourth-order valence-electron chi connectivity index (χ4n) is 4.95. The molecule has 210 valence electrons. The van der Waals surface area contributed by atoms with Gasteiger partial charge in [-0.1, -0.05) is 19.1 Å². The number of piperazine rings is 1.